The van der Waals surface area contributed by atoms with Gasteiger partial charge in [-0.1, -0.05) is 0 Å². The van der Waals surface area contributed by atoms with E-state index in [9.17, 15) is 4.79 Å². The van der Waals surface area contributed by atoms with Crippen LogP contribution in [0.3, 0.4) is 0 Å². The molecule has 0 saturated carbocycles. The molecule has 1 saturated heterocycles. The van der Waals surface area contributed by atoms with Gasteiger partial charge in [-0.15, -0.1) is 0 Å². The summed E-state index contributed by atoms with van der Waals surface area (Å²) >= 11 is 0. The van der Waals surface area contributed by atoms with E-state index < -0.39 is 5.60 Å². The average molecular weight is 230 g/mol. The molecule has 2 atom stereocenters. The lowest BCUT2D eigenvalue weighted by atomic mass is 10.2. The quantitative estimate of drug-likeness (QED) is 0.756. The third-order valence-corrected chi connectivity index (χ3v) is 2.41. The molecule has 1 heterocycles. The number of methoxy groups -OCH3 is 1. The predicted octanol–water partition coefficient (Wildman–Crippen LogP) is 0.888. The van der Waals surface area contributed by atoms with E-state index in [-0.39, 0.29) is 18.2 Å². The first kappa shape index (κ1) is 13.3. The van der Waals surface area contributed by atoms with E-state index >= 15 is 0 Å². The number of nitrogens with one attached hydrogen (secondary N) is 2. The van der Waals surface area contributed by atoms with Gasteiger partial charge in [0.1, 0.15) is 5.60 Å². The van der Waals surface area contributed by atoms with Crippen molar-refractivity contribution in [1.29, 1.82) is 0 Å². The molecule has 0 unspecified atom stereocenters. The van der Waals surface area contributed by atoms with E-state index in [1.54, 1.807) is 7.11 Å². The number of hydrogen-bond acceptors (Lipinski definition) is 4. The standard InChI is InChI=1S/C11H22N2O3/c1-11(2,3)16-10(14)13-6-8-5-9(15-4)7-12-8/h8-9,12H,5-7H2,1-4H3,(H,13,14)/t8-,9+/m0/s1. The molecule has 1 aliphatic rings. The van der Waals surface area contributed by atoms with Gasteiger partial charge in [0.25, 0.3) is 0 Å². The zero-order chi connectivity index (χ0) is 12.2. The van der Waals surface area contributed by atoms with Crippen LogP contribution in [0.1, 0.15) is 27.2 Å². The Hall–Kier alpha value is -0.810. The maximum absolute atomic E-state index is 11.4. The molecule has 2 N–H and O–H groups in total. The van der Waals surface area contributed by atoms with Crippen molar-refractivity contribution >= 4 is 6.09 Å². The van der Waals surface area contributed by atoms with E-state index in [0.29, 0.717) is 6.54 Å². The molecule has 0 aromatic carbocycles. The largest absolute Gasteiger partial charge is 0.444 e. The molecule has 94 valence electrons. The maximum atomic E-state index is 11.4. The lowest BCUT2D eigenvalue weighted by Gasteiger charge is -2.20. The van der Waals surface area contributed by atoms with E-state index in [4.69, 9.17) is 9.47 Å². The van der Waals surface area contributed by atoms with Crippen LogP contribution in [-0.4, -0.2) is 44.0 Å². The first-order chi connectivity index (χ1) is 7.40. The number of amides is 1. The normalized spacial score (nSPS) is 25.5. The van der Waals surface area contributed by atoms with E-state index in [2.05, 4.69) is 10.6 Å². The molecule has 5 heteroatoms. The summed E-state index contributed by atoms with van der Waals surface area (Å²) in [6, 6.07) is 0.275. The Morgan fingerprint density at radius 1 is 1.50 bits per heavy atom. The number of carbonyl (C=O) groups is 1. The van der Waals surface area contributed by atoms with Gasteiger partial charge in [0, 0.05) is 26.2 Å². The van der Waals surface area contributed by atoms with Crippen LogP contribution in [0.4, 0.5) is 4.79 Å². The first-order valence-electron chi connectivity index (χ1n) is 5.64. The Bertz CT molecular complexity index is 238. The molecule has 0 aromatic rings. The number of hydrogen-bond donors (Lipinski definition) is 2. The molecular weight excluding hydrogens is 208 g/mol. The summed E-state index contributed by atoms with van der Waals surface area (Å²) in [5, 5.41) is 6.03. The van der Waals surface area contributed by atoms with Gasteiger partial charge in [0.05, 0.1) is 6.10 Å². The lowest BCUT2D eigenvalue weighted by molar-refractivity contribution is 0.0521. The van der Waals surface area contributed by atoms with Gasteiger partial charge in [0.2, 0.25) is 0 Å². The molecular formula is C11H22N2O3. The van der Waals surface area contributed by atoms with Crippen molar-refractivity contribution in [2.45, 2.75) is 44.9 Å². The van der Waals surface area contributed by atoms with Crippen molar-refractivity contribution < 1.29 is 14.3 Å². The third-order valence-electron chi connectivity index (χ3n) is 2.41. The minimum absolute atomic E-state index is 0.255. The summed E-state index contributed by atoms with van der Waals surface area (Å²) in [7, 11) is 1.70. The molecule has 5 nitrogen and oxygen atoms in total. The molecule has 1 amide bonds. The Kier molecular flexibility index (Phi) is 4.56. The smallest absolute Gasteiger partial charge is 0.407 e. The Morgan fingerprint density at radius 2 is 2.19 bits per heavy atom. The van der Waals surface area contributed by atoms with Gasteiger partial charge in [0.15, 0.2) is 0 Å². The van der Waals surface area contributed by atoms with E-state index in [1.807, 2.05) is 20.8 Å². The highest BCUT2D eigenvalue weighted by molar-refractivity contribution is 5.67. The van der Waals surface area contributed by atoms with Crippen LogP contribution < -0.4 is 10.6 Å². The fourth-order valence-electron chi connectivity index (χ4n) is 1.64. The van der Waals surface area contributed by atoms with Crippen LogP contribution >= 0.6 is 0 Å². The number of rotatable bonds is 3. The lowest BCUT2D eigenvalue weighted by Crippen LogP contribution is -2.39. The van der Waals surface area contributed by atoms with Crippen LogP contribution in [0.15, 0.2) is 0 Å². The van der Waals surface area contributed by atoms with Crippen LogP contribution in [0.2, 0.25) is 0 Å². The molecule has 0 bridgehead atoms. The SMILES string of the molecule is CO[C@H]1CN[C@H](CNC(=O)OC(C)(C)C)C1. The summed E-state index contributed by atoms with van der Waals surface area (Å²) in [6.07, 6.45) is 0.812. The molecule has 0 radical (unpaired) electrons. The molecule has 1 aliphatic heterocycles. The molecule has 1 rings (SSSR count). The van der Waals surface area contributed by atoms with Crippen LogP contribution in [0, 0.1) is 0 Å². The number of alkyl carbamates (subject to hydrolysis) is 1. The fraction of sp³-hybridized carbons (Fsp3) is 0.909. The highest BCUT2D eigenvalue weighted by atomic mass is 16.6. The van der Waals surface area contributed by atoms with Gasteiger partial charge in [-0.25, -0.2) is 4.79 Å². The van der Waals surface area contributed by atoms with Crippen LogP contribution in [-0.2, 0) is 9.47 Å². The third kappa shape index (κ3) is 4.81. The summed E-state index contributed by atoms with van der Waals surface area (Å²) in [5.41, 5.74) is -0.442. The zero-order valence-corrected chi connectivity index (χ0v) is 10.5. The van der Waals surface area contributed by atoms with Crippen molar-refractivity contribution in [3.63, 3.8) is 0 Å². The predicted molar refractivity (Wildman–Crippen MR) is 61.4 cm³/mol. The minimum atomic E-state index is -0.442. The molecule has 0 aliphatic carbocycles. The van der Waals surface area contributed by atoms with Gasteiger partial charge < -0.3 is 20.1 Å². The molecule has 0 spiro atoms. The first-order valence-corrected chi connectivity index (χ1v) is 5.64. The Labute approximate surface area is 96.9 Å². The van der Waals surface area contributed by atoms with Gasteiger partial charge in [-0.2, -0.15) is 0 Å². The summed E-state index contributed by atoms with van der Waals surface area (Å²) in [5.74, 6) is 0. The summed E-state index contributed by atoms with van der Waals surface area (Å²) in [6.45, 7) is 6.97. The van der Waals surface area contributed by atoms with Gasteiger partial charge in [-0.05, 0) is 27.2 Å². The van der Waals surface area contributed by atoms with Gasteiger partial charge >= 0.3 is 6.09 Å². The van der Waals surface area contributed by atoms with Crippen molar-refractivity contribution in [2.24, 2.45) is 0 Å². The highest BCUT2D eigenvalue weighted by Crippen LogP contribution is 2.09. The Balaban J connectivity index is 2.18. The highest BCUT2D eigenvalue weighted by Gasteiger charge is 2.24. The summed E-state index contributed by atoms with van der Waals surface area (Å²) in [4.78, 5) is 11.4. The second-order valence-electron chi connectivity index (χ2n) is 5.08. The zero-order valence-electron chi connectivity index (χ0n) is 10.5. The van der Waals surface area contributed by atoms with Crippen LogP contribution in [0.25, 0.3) is 0 Å². The van der Waals surface area contributed by atoms with Crippen molar-refractivity contribution in [2.75, 3.05) is 20.2 Å². The number of ether oxygens (including phenoxy) is 2. The number of carbonyl (C=O) groups excluding carboxylic acids is 1. The molecule has 1 fully saturated rings. The second kappa shape index (κ2) is 5.50. The van der Waals surface area contributed by atoms with Crippen molar-refractivity contribution in [3.8, 4) is 0 Å². The van der Waals surface area contributed by atoms with E-state index in [1.165, 1.54) is 0 Å². The summed E-state index contributed by atoms with van der Waals surface area (Å²) < 4.78 is 10.4. The minimum Gasteiger partial charge on any atom is -0.444 e. The monoisotopic (exact) mass is 230 g/mol. The average Bonchev–Trinajstić information content (AvgIpc) is 2.59. The maximum Gasteiger partial charge on any atom is 0.407 e. The fourth-order valence-corrected chi connectivity index (χ4v) is 1.64. The van der Waals surface area contributed by atoms with Crippen LogP contribution in [0.5, 0.6) is 0 Å². The Morgan fingerprint density at radius 3 is 2.69 bits per heavy atom. The molecule has 0 aromatic heterocycles. The second-order valence-corrected chi connectivity index (χ2v) is 5.08. The topological polar surface area (TPSA) is 59.6 Å². The van der Waals surface area contributed by atoms with Crippen molar-refractivity contribution in [3.05, 3.63) is 0 Å². The van der Waals surface area contributed by atoms with E-state index in [0.717, 1.165) is 13.0 Å². The van der Waals surface area contributed by atoms with Gasteiger partial charge in [-0.3, -0.25) is 0 Å². The molecule has 16 heavy (non-hydrogen) atoms. The van der Waals surface area contributed by atoms with Crippen molar-refractivity contribution in [1.82, 2.24) is 10.6 Å².